The normalized spacial score (nSPS) is 20.9. The number of rotatable bonds is 7. The van der Waals surface area contributed by atoms with E-state index in [1.807, 2.05) is 65.0 Å². The van der Waals surface area contributed by atoms with E-state index < -0.39 is 45.4 Å². The van der Waals surface area contributed by atoms with Crippen molar-refractivity contribution in [2.24, 2.45) is 13.0 Å². The van der Waals surface area contributed by atoms with Gasteiger partial charge >= 0.3 is 6.09 Å². The molecule has 8 nitrogen and oxygen atoms in total. The number of carbonyl (C=O) groups is 2. The van der Waals surface area contributed by atoms with Crippen LogP contribution in [0.25, 0.3) is 0 Å². The SMILES string of the molecule is C[C@@H](C(=O)N1C(=O)OC(C)(C)[C@@H]1Cc1ccccc1)[C@@H](N[S@](=O)C(C)(C)C)c1ccn(C)n1. The van der Waals surface area contributed by atoms with E-state index in [2.05, 4.69) is 9.82 Å². The lowest BCUT2D eigenvalue weighted by molar-refractivity contribution is -0.134. The Hall–Kier alpha value is -2.52. The molecule has 1 fully saturated rings. The standard InChI is InChI=1S/C24H34N4O4S/c1-16(20(18-13-14-27(7)25-18)26-33(31)23(2,3)4)21(29)28-19(24(5,6)32-22(28)30)15-17-11-9-8-10-12-17/h8-14,16,19-20,26H,15H2,1-7H3/t16-,19+,20-,33-/m1/s1. The molecule has 0 saturated carbocycles. The molecule has 1 aliphatic rings. The van der Waals surface area contributed by atoms with E-state index in [0.717, 1.165) is 5.56 Å². The molecule has 1 aromatic heterocycles. The van der Waals surface area contributed by atoms with E-state index in [1.165, 1.54) is 4.90 Å². The Morgan fingerprint density at radius 1 is 1.24 bits per heavy atom. The maximum Gasteiger partial charge on any atom is 0.417 e. The molecule has 1 aliphatic heterocycles. The molecule has 2 heterocycles. The molecule has 9 heteroatoms. The quantitative estimate of drug-likeness (QED) is 0.663. The number of nitrogens with one attached hydrogen (secondary N) is 1. The minimum Gasteiger partial charge on any atom is -0.441 e. The number of benzene rings is 1. The Labute approximate surface area is 198 Å². The van der Waals surface area contributed by atoms with E-state index in [4.69, 9.17) is 4.74 Å². The Kier molecular flexibility index (Phi) is 7.14. The highest BCUT2D eigenvalue weighted by Gasteiger charge is 2.52. The van der Waals surface area contributed by atoms with Crippen molar-refractivity contribution in [3.63, 3.8) is 0 Å². The monoisotopic (exact) mass is 474 g/mol. The minimum absolute atomic E-state index is 0.388. The van der Waals surface area contributed by atoms with Crippen molar-refractivity contribution < 1.29 is 18.5 Å². The van der Waals surface area contributed by atoms with Crippen LogP contribution < -0.4 is 4.72 Å². The van der Waals surface area contributed by atoms with E-state index in [9.17, 15) is 13.8 Å². The third-order valence-corrected chi connectivity index (χ3v) is 7.48. The molecular formula is C24H34N4O4S. The van der Waals surface area contributed by atoms with E-state index in [1.54, 1.807) is 30.9 Å². The van der Waals surface area contributed by atoms with Crippen LogP contribution in [0.1, 0.15) is 58.8 Å². The van der Waals surface area contributed by atoms with Gasteiger partial charge in [0.1, 0.15) is 5.60 Å². The first kappa shape index (κ1) is 25.1. The predicted octanol–water partition coefficient (Wildman–Crippen LogP) is 3.52. The highest BCUT2D eigenvalue weighted by atomic mass is 32.2. The summed E-state index contributed by atoms with van der Waals surface area (Å²) < 4.78 is 22.7. The summed E-state index contributed by atoms with van der Waals surface area (Å²) in [4.78, 5) is 27.8. The summed E-state index contributed by atoms with van der Waals surface area (Å²) in [5.41, 5.74) is 0.750. The number of nitrogens with zero attached hydrogens (tertiary/aromatic N) is 3. The fraction of sp³-hybridized carbons (Fsp3) is 0.542. The maximum absolute atomic E-state index is 13.7. The average molecular weight is 475 g/mol. The highest BCUT2D eigenvalue weighted by Crippen LogP contribution is 2.35. The van der Waals surface area contributed by atoms with Crippen LogP contribution in [0.5, 0.6) is 0 Å². The largest absolute Gasteiger partial charge is 0.441 e. The zero-order valence-corrected chi connectivity index (χ0v) is 21.2. The predicted molar refractivity (Wildman–Crippen MR) is 127 cm³/mol. The summed E-state index contributed by atoms with van der Waals surface area (Å²) in [7, 11) is 0.334. The first-order chi connectivity index (χ1) is 15.3. The maximum atomic E-state index is 13.7. The number of imide groups is 1. The van der Waals surface area contributed by atoms with E-state index in [-0.39, 0.29) is 5.91 Å². The van der Waals surface area contributed by atoms with Crippen LogP contribution in [-0.2, 0) is 34.0 Å². The smallest absolute Gasteiger partial charge is 0.417 e. The number of amides is 2. The second-order valence-electron chi connectivity index (χ2n) is 10.1. The van der Waals surface area contributed by atoms with Crippen molar-refractivity contribution in [1.82, 2.24) is 19.4 Å². The number of hydrogen-bond acceptors (Lipinski definition) is 5. The highest BCUT2D eigenvalue weighted by molar-refractivity contribution is 7.84. The topological polar surface area (TPSA) is 93.5 Å². The molecule has 180 valence electrons. The van der Waals surface area contributed by atoms with Crippen LogP contribution in [0, 0.1) is 5.92 Å². The number of cyclic esters (lactones) is 1. The fourth-order valence-corrected chi connectivity index (χ4v) is 4.78. The lowest BCUT2D eigenvalue weighted by Gasteiger charge is -2.32. The Balaban J connectivity index is 1.93. The number of aromatic nitrogens is 2. The molecule has 4 atom stereocenters. The van der Waals surface area contributed by atoms with Gasteiger partial charge in [-0.15, -0.1) is 0 Å². The molecule has 0 spiro atoms. The van der Waals surface area contributed by atoms with Crippen molar-refractivity contribution in [3.8, 4) is 0 Å². The molecule has 33 heavy (non-hydrogen) atoms. The lowest BCUT2D eigenvalue weighted by atomic mass is 9.90. The summed E-state index contributed by atoms with van der Waals surface area (Å²) in [6.07, 6.45) is 1.59. The molecule has 0 aliphatic carbocycles. The van der Waals surface area contributed by atoms with Crippen LogP contribution in [0.15, 0.2) is 42.6 Å². The van der Waals surface area contributed by atoms with Crippen LogP contribution in [0.3, 0.4) is 0 Å². The number of ether oxygens (including phenoxy) is 1. The molecule has 2 aromatic rings. The van der Waals surface area contributed by atoms with Gasteiger partial charge in [0, 0.05) is 13.2 Å². The molecule has 1 aromatic carbocycles. The molecule has 3 rings (SSSR count). The summed E-state index contributed by atoms with van der Waals surface area (Å²) >= 11 is 0. The van der Waals surface area contributed by atoms with Gasteiger partial charge in [-0.2, -0.15) is 5.10 Å². The van der Waals surface area contributed by atoms with Gasteiger partial charge in [-0.05, 0) is 52.7 Å². The van der Waals surface area contributed by atoms with Crippen LogP contribution >= 0.6 is 0 Å². The first-order valence-corrected chi connectivity index (χ1v) is 12.2. The number of aryl methyl sites for hydroxylation is 1. The van der Waals surface area contributed by atoms with Crippen LogP contribution in [0.2, 0.25) is 0 Å². The fourth-order valence-electron chi connectivity index (χ4n) is 3.87. The van der Waals surface area contributed by atoms with Crippen molar-refractivity contribution in [3.05, 3.63) is 53.9 Å². The Morgan fingerprint density at radius 2 is 1.88 bits per heavy atom. The molecule has 0 bridgehead atoms. The summed E-state index contributed by atoms with van der Waals surface area (Å²) in [5, 5.41) is 4.44. The van der Waals surface area contributed by atoms with Crippen molar-refractivity contribution in [2.45, 2.75) is 70.4 Å². The molecule has 1 saturated heterocycles. The third kappa shape index (κ3) is 5.52. The number of hydrogen-bond donors (Lipinski definition) is 1. The minimum atomic E-state index is -1.45. The Morgan fingerprint density at radius 3 is 2.42 bits per heavy atom. The van der Waals surface area contributed by atoms with E-state index >= 15 is 0 Å². The zero-order chi connectivity index (χ0) is 24.6. The lowest BCUT2D eigenvalue weighted by Crippen LogP contribution is -2.50. The first-order valence-electron chi connectivity index (χ1n) is 11.1. The van der Waals surface area contributed by atoms with Gasteiger partial charge in [-0.3, -0.25) is 9.48 Å². The summed E-state index contributed by atoms with van der Waals surface area (Å²) in [6, 6.07) is 10.4. The molecule has 2 amide bonds. The summed E-state index contributed by atoms with van der Waals surface area (Å²) in [6.45, 7) is 10.9. The van der Waals surface area contributed by atoms with Gasteiger partial charge in [0.15, 0.2) is 0 Å². The van der Waals surface area contributed by atoms with Crippen molar-refractivity contribution in [1.29, 1.82) is 0 Å². The second-order valence-corrected chi connectivity index (χ2v) is 12.1. The second kappa shape index (κ2) is 9.38. The van der Waals surface area contributed by atoms with Gasteiger partial charge in [0.05, 0.1) is 39.4 Å². The van der Waals surface area contributed by atoms with Crippen LogP contribution in [0.4, 0.5) is 4.79 Å². The van der Waals surface area contributed by atoms with Gasteiger partial charge in [0.25, 0.3) is 0 Å². The zero-order valence-electron chi connectivity index (χ0n) is 20.4. The molecule has 0 unspecified atom stereocenters. The van der Waals surface area contributed by atoms with Crippen molar-refractivity contribution >= 4 is 23.0 Å². The van der Waals surface area contributed by atoms with Gasteiger partial charge in [-0.25, -0.2) is 18.6 Å². The molecule has 0 radical (unpaired) electrons. The van der Waals surface area contributed by atoms with Gasteiger partial charge in [0.2, 0.25) is 5.91 Å². The number of carbonyl (C=O) groups excluding carboxylic acids is 2. The van der Waals surface area contributed by atoms with Gasteiger partial charge in [-0.1, -0.05) is 37.3 Å². The molecule has 1 N–H and O–H groups in total. The average Bonchev–Trinajstić information content (AvgIpc) is 3.25. The van der Waals surface area contributed by atoms with Crippen molar-refractivity contribution in [2.75, 3.05) is 0 Å². The van der Waals surface area contributed by atoms with Crippen LogP contribution in [-0.4, -0.2) is 47.3 Å². The summed E-state index contributed by atoms with van der Waals surface area (Å²) in [5.74, 6) is -1.11. The molecular weight excluding hydrogens is 440 g/mol. The van der Waals surface area contributed by atoms with E-state index in [0.29, 0.717) is 12.1 Å². The Bertz CT molecular complexity index is 1030. The third-order valence-electron chi connectivity index (χ3n) is 5.90. The van der Waals surface area contributed by atoms with Gasteiger partial charge < -0.3 is 4.74 Å².